The monoisotopic (exact) mass is 497 g/mol. The number of aromatic nitrogens is 1. The lowest BCUT2D eigenvalue weighted by molar-refractivity contribution is 0.0383. The number of nitrogens with zero attached hydrogens (tertiary/aromatic N) is 4. The minimum Gasteiger partial charge on any atom is -0.493 e. The molecule has 1 fully saturated rings. The molecule has 0 saturated heterocycles. The number of guanidine groups is 1. The lowest BCUT2D eigenvalue weighted by atomic mass is 9.88. The number of nitrogens with one attached hydrogen (secondary N) is 3. The topological polar surface area (TPSA) is 107 Å². The Balaban J connectivity index is 1.28. The second kappa shape index (κ2) is 9.99. The Hall–Kier alpha value is -4.29. The number of ether oxygens (including phenoxy) is 2. The van der Waals surface area contributed by atoms with Crippen LogP contribution in [0.1, 0.15) is 25.3 Å². The molecule has 2 aromatic carbocycles. The summed E-state index contributed by atoms with van der Waals surface area (Å²) in [6.07, 6.45) is 7.78. The maximum absolute atomic E-state index is 9.20. The van der Waals surface area contributed by atoms with E-state index >= 15 is 0 Å². The number of benzene rings is 2. The van der Waals surface area contributed by atoms with Gasteiger partial charge in [0.05, 0.1) is 36.1 Å². The molecule has 0 radical (unpaired) electrons. The Morgan fingerprint density at radius 2 is 1.95 bits per heavy atom. The van der Waals surface area contributed by atoms with Crippen LogP contribution in [0.5, 0.6) is 11.5 Å². The summed E-state index contributed by atoms with van der Waals surface area (Å²) in [7, 11) is 5.85. The van der Waals surface area contributed by atoms with Gasteiger partial charge >= 0.3 is 0 Å². The van der Waals surface area contributed by atoms with E-state index < -0.39 is 5.66 Å². The van der Waals surface area contributed by atoms with Crippen LogP contribution in [-0.2, 0) is 0 Å². The van der Waals surface area contributed by atoms with E-state index in [1.807, 2.05) is 55.6 Å². The second-order valence-corrected chi connectivity index (χ2v) is 9.77. The molecule has 190 valence electrons. The van der Waals surface area contributed by atoms with E-state index in [2.05, 4.69) is 46.0 Å². The van der Waals surface area contributed by atoms with Crippen LogP contribution in [-0.4, -0.2) is 54.9 Å². The average molecular weight is 498 g/mol. The van der Waals surface area contributed by atoms with Crippen molar-refractivity contribution in [1.82, 2.24) is 15.2 Å². The van der Waals surface area contributed by atoms with Crippen molar-refractivity contribution in [2.45, 2.75) is 37.6 Å². The van der Waals surface area contributed by atoms with Crippen molar-refractivity contribution in [3.05, 3.63) is 66.5 Å². The molecule has 1 aliphatic carbocycles. The zero-order valence-electron chi connectivity index (χ0n) is 21.4. The highest BCUT2D eigenvalue weighted by Gasteiger charge is 2.33. The van der Waals surface area contributed by atoms with Gasteiger partial charge in [-0.05, 0) is 76.3 Å². The fourth-order valence-corrected chi connectivity index (χ4v) is 4.49. The summed E-state index contributed by atoms with van der Waals surface area (Å²) < 4.78 is 11.8. The van der Waals surface area contributed by atoms with Crippen molar-refractivity contribution < 1.29 is 9.47 Å². The zero-order chi connectivity index (χ0) is 26.0. The van der Waals surface area contributed by atoms with Crippen LogP contribution >= 0.6 is 0 Å². The summed E-state index contributed by atoms with van der Waals surface area (Å²) in [5.41, 5.74) is 2.34. The molecular formula is C28H31N7O2. The van der Waals surface area contributed by atoms with E-state index in [4.69, 9.17) is 14.5 Å². The summed E-state index contributed by atoms with van der Waals surface area (Å²) in [6.45, 7) is 1.97. The molecule has 9 heteroatoms. The van der Waals surface area contributed by atoms with Gasteiger partial charge in [-0.2, -0.15) is 5.26 Å². The van der Waals surface area contributed by atoms with Crippen molar-refractivity contribution in [2.24, 2.45) is 4.99 Å². The molecule has 1 unspecified atom stereocenters. The minimum absolute atomic E-state index is 0.206. The van der Waals surface area contributed by atoms with E-state index in [0.29, 0.717) is 23.3 Å². The number of nitriles is 1. The van der Waals surface area contributed by atoms with Crippen molar-refractivity contribution in [1.29, 1.82) is 5.26 Å². The first kappa shape index (κ1) is 24.4. The quantitative estimate of drug-likeness (QED) is 0.444. The Morgan fingerprint density at radius 3 is 2.70 bits per heavy atom. The number of aliphatic imine (C=N–C) groups is 1. The van der Waals surface area contributed by atoms with E-state index in [1.54, 1.807) is 19.4 Å². The standard InChI is InChI=1S/C28H31N7O2/c1-28(33-21-12-19-11-18(16-29)5-7-24(19)31-17-21)9-10-30-27(34-28)32-20-6-8-25(26(13-20)36-4)37-23-14-22(15-23)35(2)3/h5-13,17,22-23,33H,14-15H2,1-4H3,(H2,30,32,34). The molecule has 0 spiro atoms. The van der Waals surface area contributed by atoms with Crippen molar-refractivity contribution in [3.63, 3.8) is 0 Å². The Bertz CT molecular complexity index is 1410. The third-order valence-electron chi connectivity index (χ3n) is 6.70. The van der Waals surface area contributed by atoms with Gasteiger partial charge in [0, 0.05) is 29.4 Å². The molecule has 2 aliphatic rings. The van der Waals surface area contributed by atoms with Gasteiger partial charge in [0.15, 0.2) is 17.2 Å². The number of anilines is 2. The fourth-order valence-electron chi connectivity index (χ4n) is 4.49. The molecule has 9 nitrogen and oxygen atoms in total. The van der Waals surface area contributed by atoms with Gasteiger partial charge in [-0.1, -0.05) is 0 Å². The Kier molecular flexibility index (Phi) is 6.59. The highest BCUT2D eigenvalue weighted by molar-refractivity contribution is 5.95. The van der Waals surface area contributed by atoms with Crippen LogP contribution in [0.2, 0.25) is 0 Å². The molecule has 3 N–H and O–H groups in total. The van der Waals surface area contributed by atoms with Gasteiger partial charge < -0.3 is 30.3 Å². The lowest BCUT2D eigenvalue weighted by Crippen LogP contribution is -2.46. The summed E-state index contributed by atoms with van der Waals surface area (Å²) in [4.78, 5) is 11.6. The van der Waals surface area contributed by atoms with Crippen LogP contribution in [0.4, 0.5) is 11.4 Å². The summed E-state index contributed by atoms with van der Waals surface area (Å²) in [6, 6.07) is 15.9. The SMILES string of the molecule is COc1cc(NC2=NC(C)(Nc3cnc4ccc(C#N)cc4c3)C=CN2)ccc1OC1CC(N(C)C)C1. The molecule has 37 heavy (non-hydrogen) atoms. The summed E-state index contributed by atoms with van der Waals surface area (Å²) in [5.74, 6) is 2.00. The third-order valence-corrected chi connectivity index (χ3v) is 6.70. The molecule has 1 aliphatic heterocycles. The zero-order valence-corrected chi connectivity index (χ0v) is 21.4. The number of fused-ring (bicyclic) bond motifs is 1. The molecule has 3 aromatic rings. The number of pyridine rings is 1. The smallest absolute Gasteiger partial charge is 0.202 e. The van der Waals surface area contributed by atoms with Gasteiger partial charge in [0.25, 0.3) is 0 Å². The predicted molar refractivity (Wildman–Crippen MR) is 146 cm³/mol. The molecule has 1 aromatic heterocycles. The van der Waals surface area contributed by atoms with Gasteiger partial charge in [-0.15, -0.1) is 0 Å². The second-order valence-electron chi connectivity index (χ2n) is 9.77. The highest BCUT2D eigenvalue weighted by Crippen LogP contribution is 2.35. The highest BCUT2D eigenvalue weighted by atomic mass is 16.5. The Morgan fingerprint density at radius 1 is 1.11 bits per heavy atom. The van der Waals surface area contributed by atoms with Gasteiger partial charge in [0.2, 0.25) is 5.96 Å². The average Bonchev–Trinajstić information content (AvgIpc) is 2.85. The van der Waals surface area contributed by atoms with Crippen molar-refractivity contribution in [2.75, 3.05) is 31.8 Å². The number of methoxy groups -OCH3 is 1. The number of hydrogen-bond donors (Lipinski definition) is 3. The third kappa shape index (κ3) is 5.44. The molecule has 1 atom stereocenters. The van der Waals surface area contributed by atoms with E-state index in [0.717, 1.165) is 40.9 Å². The summed E-state index contributed by atoms with van der Waals surface area (Å²) in [5, 5.41) is 20.0. The number of hydrogen-bond acceptors (Lipinski definition) is 9. The van der Waals surface area contributed by atoms with Gasteiger partial charge in [-0.3, -0.25) is 4.98 Å². The molecule has 5 rings (SSSR count). The van der Waals surface area contributed by atoms with E-state index in [-0.39, 0.29) is 6.10 Å². The van der Waals surface area contributed by atoms with Crippen molar-refractivity contribution in [3.8, 4) is 17.6 Å². The van der Waals surface area contributed by atoms with E-state index in [1.165, 1.54) is 0 Å². The molecular weight excluding hydrogens is 466 g/mol. The largest absolute Gasteiger partial charge is 0.493 e. The molecule has 0 bridgehead atoms. The van der Waals surface area contributed by atoms with Crippen LogP contribution in [0, 0.1) is 11.3 Å². The van der Waals surface area contributed by atoms with Crippen LogP contribution in [0.15, 0.2) is 65.9 Å². The first-order valence-electron chi connectivity index (χ1n) is 12.2. The van der Waals surface area contributed by atoms with Crippen LogP contribution in [0.3, 0.4) is 0 Å². The maximum atomic E-state index is 9.20. The molecule has 1 saturated carbocycles. The van der Waals surface area contributed by atoms with E-state index in [9.17, 15) is 5.26 Å². The van der Waals surface area contributed by atoms with Crippen LogP contribution in [0.25, 0.3) is 10.9 Å². The minimum atomic E-state index is -0.712. The van der Waals surface area contributed by atoms with Gasteiger partial charge in [0.1, 0.15) is 6.10 Å². The van der Waals surface area contributed by atoms with Crippen LogP contribution < -0.4 is 25.4 Å². The maximum Gasteiger partial charge on any atom is 0.202 e. The van der Waals surface area contributed by atoms with Gasteiger partial charge in [-0.25, -0.2) is 4.99 Å². The summed E-state index contributed by atoms with van der Waals surface area (Å²) >= 11 is 0. The van der Waals surface area contributed by atoms with Crippen molar-refractivity contribution >= 4 is 28.2 Å². The Labute approximate surface area is 216 Å². The first-order valence-corrected chi connectivity index (χ1v) is 12.2. The number of rotatable bonds is 7. The molecule has 0 amide bonds. The predicted octanol–water partition coefficient (Wildman–Crippen LogP) is 4.30. The normalized spacial score (nSPS) is 22.4. The lowest BCUT2D eigenvalue weighted by Gasteiger charge is -2.39. The first-order chi connectivity index (χ1) is 17.8. The fraction of sp³-hybridized carbons (Fsp3) is 0.321. The molecule has 2 heterocycles.